The number of para-hydroxylation sites is 1. The van der Waals surface area contributed by atoms with Crippen LogP contribution in [0.2, 0.25) is 5.02 Å². The number of imide groups is 1. The molecule has 3 aromatic carbocycles. The van der Waals surface area contributed by atoms with Crippen LogP contribution in [-0.2, 0) is 16.2 Å². The molecule has 0 aliphatic carbocycles. The van der Waals surface area contributed by atoms with E-state index in [2.05, 4.69) is 4.90 Å². The predicted octanol–water partition coefficient (Wildman–Crippen LogP) is 5.31. The SMILES string of the molecule is COc1cc(/C=C2/SC(=O)N(CC(=O)N3CCN(c4ccccc4)CC3)C2=O)ccc1OCc1ccc(Cl)cc1. The lowest BCUT2D eigenvalue weighted by molar-refractivity contribution is -0.136. The standard InChI is InChI=1S/C30H28ClN3O5S/c1-38-26-17-22(9-12-25(26)39-20-21-7-10-23(31)11-8-21)18-27-29(36)34(30(37)40-27)19-28(35)33-15-13-32(14-16-33)24-5-3-2-4-6-24/h2-12,17-18H,13-16,19-20H2,1H3/b27-18+. The maximum atomic E-state index is 13.1. The van der Waals surface area contributed by atoms with Gasteiger partial charge in [-0.15, -0.1) is 0 Å². The van der Waals surface area contributed by atoms with Gasteiger partial charge in [-0.2, -0.15) is 0 Å². The lowest BCUT2D eigenvalue weighted by atomic mass is 10.1. The molecule has 3 aromatic rings. The predicted molar refractivity (Wildman–Crippen MR) is 157 cm³/mol. The minimum absolute atomic E-state index is 0.236. The van der Waals surface area contributed by atoms with E-state index in [9.17, 15) is 14.4 Å². The molecule has 0 N–H and O–H groups in total. The third-order valence-electron chi connectivity index (χ3n) is 6.71. The highest BCUT2D eigenvalue weighted by atomic mass is 35.5. The molecular formula is C30H28ClN3O5S. The van der Waals surface area contributed by atoms with E-state index in [-0.39, 0.29) is 17.4 Å². The number of nitrogens with zero attached hydrogens (tertiary/aromatic N) is 3. The molecule has 0 atom stereocenters. The summed E-state index contributed by atoms with van der Waals surface area (Å²) in [6.07, 6.45) is 1.62. The Morgan fingerprint density at radius 1 is 0.950 bits per heavy atom. The van der Waals surface area contributed by atoms with Crippen LogP contribution in [0.4, 0.5) is 10.5 Å². The zero-order valence-corrected chi connectivity index (χ0v) is 23.5. The van der Waals surface area contributed by atoms with E-state index in [1.807, 2.05) is 42.5 Å². The monoisotopic (exact) mass is 577 g/mol. The second-order valence-electron chi connectivity index (χ2n) is 9.30. The smallest absolute Gasteiger partial charge is 0.294 e. The molecule has 0 spiro atoms. The molecule has 2 heterocycles. The second kappa shape index (κ2) is 12.5. The molecule has 0 radical (unpaired) electrons. The first kappa shape index (κ1) is 27.6. The van der Waals surface area contributed by atoms with Gasteiger partial charge in [-0.3, -0.25) is 19.3 Å². The van der Waals surface area contributed by atoms with Gasteiger partial charge in [-0.25, -0.2) is 0 Å². The number of anilines is 1. The number of amides is 3. The molecule has 40 heavy (non-hydrogen) atoms. The number of piperazine rings is 1. The van der Waals surface area contributed by atoms with E-state index < -0.39 is 11.1 Å². The van der Waals surface area contributed by atoms with Gasteiger partial charge in [-0.1, -0.05) is 48.0 Å². The summed E-state index contributed by atoms with van der Waals surface area (Å²) in [5, 5.41) is 0.198. The number of benzene rings is 3. The van der Waals surface area contributed by atoms with Gasteiger partial charge in [0.25, 0.3) is 11.1 Å². The van der Waals surface area contributed by atoms with Crippen molar-refractivity contribution in [1.82, 2.24) is 9.80 Å². The Balaban J connectivity index is 1.19. The maximum Gasteiger partial charge on any atom is 0.294 e. The highest BCUT2D eigenvalue weighted by molar-refractivity contribution is 8.18. The van der Waals surface area contributed by atoms with E-state index in [0.717, 1.165) is 27.9 Å². The highest BCUT2D eigenvalue weighted by Crippen LogP contribution is 2.35. The highest BCUT2D eigenvalue weighted by Gasteiger charge is 2.37. The van der Waals surface area contributed by atoms with Gasteiger partial charge >= 0.3 is 0 Å². The minimum atomic E-state index is -0.478. The molecule has 206 valence electrons. The number of methoxy groups -OCH3 is 1. The first-order valence-electron chi connectivity index (χ1n) is 12.8. The Bertz CT molecular complexity index is 1420. The van der Waals surface area contributed by atoms with Gasteiger partial charge in [0.15, 0.2) is 11.5 Å². The Kier molecular flexibility index (Phi) is 8.62. The number of thioether (sulfide) groups is 1. The summed E-state index contributed by atoms with van der Waals surface area (Å²) in [5.74, 6) is 0.320. The van der Waals surface area contributed by atoms with Crippen molar-refractivity contribution >= 4 is 52.2 Å². The molecular weight excluding hydrogens is 550 g/mol. The molecule has 8 nitrogen and oxygen atoms in total. The molecule has 0 unspecified atom stereocenters. The zero-order valence-electron chi connectivity index (χ0n) is 21.9. The van der Waals surface area contributed by atoms with Crippen molar-refractivity contribution in [2.75, 3.05) is 44.7 Å². The number of hydrogen-bond acceptors (Lipinski definition) is 7. The molecule has 0 aromatic heterocycles. The first-order chi connectivity index (χ1) is 19.4. The second-order valence-corrected chi connectivity index (χ2v) is 10.7. The lowest BCUT2D eigenvalue weighted by Gasteiger charge is -2.36. The number of hydrogen-bond donors (Lipinski definition) is 0. The average molecular weight is 578 g/mol. The van der Waals surface area contributed by atoms with Crippen LogP contribution in [0.5, 0.6) is 11.5 Å². The fraction of sp³-hybridized carbons (Fsp3) is 0.233. The fourth-order valence-corrected chi connectivity index (χ4v) is 5.47. The molecule has 10 heteroatoms. The Labute approximate surface area is 242 Å². The molecule has 2 aliphatic rings. The Morgan fingerprint density at radius 2 is 1.68 bits per heavy atom. The topological polar surface area (TPSA) is 79.4 Å². The largest absolute Gasteiger partial charge is 0.493 e. The van der Waals surface area contributed by atoms with Crippen LogP contribution in [0.3, 0.4) is 0 Å². The van der Waals surface area contributed by atoms with Crippen molar-refractivity contribution in [2.45, 2.75) is 6.61 Å². The van der Waals surface area contributed by atoms with Gasteiger partial charge in [0, 0.05) is 36.9 Å². The van der Waals surface area contributed by atoms with Crippen LogP contribution in [0, 0.1) is 0 Å². The van der Waals surface area contributed by atoms with Gasteiger partial charge in [0.1, 0.15) is 13.2 Å². The molecule has 0 bridgehead atoms. The number of rotatable bonds is 8. The summed E-state index contributed by atoms with van der Waals surface area (Å²) in [6, 6.07) is 22.7. The summed E-state index contributed by atoms with van der Waals surface area (Å²) >= 11 is 6.77. The van der Waals surface area contributed by atoms with Crippen LogP contribution in [0.1, 0.15) is 11.1 Å². The van der Waals surface area contributed by atoms with Crippen LogP contribution >= 0.6 is 23.4 Å². The van der Waals surface area contributed by atoms with Crippen LogP contribution < -0.4 is 14.4 Å². The number of carbonyl (C=O) groups is 3. The van der Waals surface area contributed by atoms with Crippen LogP contribution in [0.15, 0.2) is 77.7 Å². The molecule has 0 saturated carbocycles. The Morgan fingerprint density at radius 3 is 2.38 bits per heavy atom. The van der Waals surface area contributed by atoms with E-state index in [1.54, 1.807) is 41.3 Å². The van der Waals surface area contributed by atoms with Gasteiger partial charge in [-0.05, 0) is 65.4 Å². The zero-order chi connectivity index (χ0) is 28.1. The molecule has 2 aliphatic heterocycles. The summed E-state index contributed by atoms with van der Waals surface area (Å²) in [4.78, 5) is 43.9. The van der Waals surface area contributed by atoms with Crippen molar-refractivity contribution in [1.29, 1.82) is 0 Å². The van der Waals surface area contributed by atoms with Crippen molar-refractivity contribution in [3.8, 4) is 11.5 Å². The summed E-state index contributed by atoms with van der Waals surface area (Å²) in [5.41, 5.74) is 2.74. The molecule has 3 amide bonds. The van der Waals surface area contributed by atoms with Crippen molar-refractivity contribution in [3.63, 3.8) is 0 Å². The first-order valence-corrected chi connectivity index (χ1v) is 14.0. The van der Waals surface area contributed by atoms with Crippen LogP contribution in [0.25, 0.3) is 6.08 Å². The van der Waals surface area contributed by atoms with E-state index in [1.165, 1.54) is 7.11 Å². The fourth-order valence-electron chi connectivity index (χ4n) is 4.51. The summed E-state index contributed by atoms with van der Waals surface area (Å²) in [6.45, 7) is 2.52. The molecule has 2 saturated heterocycles. The summed E-state index contributed by atoms with van der Waals surface area (Å²) in [7, 11) is 1.54. The number of carbonyl (C=O) groups excluding carboxylic acids is 3. The van der Waals surface area contributed by atoms with Crippen molar-refractivity contribution in [2.24, 2.45) is 0 Å². The van der Waals surface area contributed by atoms with Crippen molar-refractivity contribution in [3.05, 3.63) is 93.9 Å². The minimum Gasteiger partial charge on any atom is -0.493 e. The maximum absolute atomic E-state index is 13.1. The number of halogens is 1. The van der Waals surface area contributed by atoms with E-state index in [4.69, 9.17) is 21.1 Å². The van der Waals surface area contributed by atoms with Gasteiger partial charge < -0.3 is 19.3 Å². The molecule has 2 fully saturated rings. The molecule has 5 rings (SSSR count). The van der Waals surface area contributed by atoms with Gasteiger partial charge in [0.05, 0.1) is 12.0 Å². The van der Waals surface area contributed by atoms with Crippen molar-refractivity contribution < 1.29 is 23.9 Å². The quantitative estimate of drug-likeness (QED) is 0.336. The number of ether oxygens (including phenoxy) is 2. The van der Waals surface area contributed by atoms with E-state index in [0.29, 0.717) is 54.9 Å². The average Bonchev–Trinajstić information content (AvgIpc) is 3.24. The Hall–Kier alpha value is -3.95. The third kappa shape index (κ3) is 6.43. The summed E-state index contributed by atoms with van der Waals surface area (Å²) < 4.78 is 11.4. The normalized spacial score (nSPS) is 16.6. The lowest BCUT2D eigenvalue weighted by Crippen LogP contribution is -2.51. The van der Waals surface area contributed by atoms with E-state index >= 15 is 0 Å². The van der Waals surface area contributed by atoms with Gasteiger partial charge in [0.2, 0.25) is 5.91 Å². The third-order valence-corrected chi connectivity index (χ3v) is 7.87. The van der Waals surface area contributed by atoms with Crippen LogP contribution in [-0.4, -0.2) is 66.7 Å².